The first kappa shape index (κ1) is 16.0. The summed E-state index contributed by atoms with van der Waals surface area (Å²) in [5, 5.41) is 0. The van der Waals surface area contributed by atoms with Crippen LogP contribution in [-0.2, 0) is 0 Å². The Hall–Kier alpha value is -1.39. The Morgan fingerprint density at radius 2 is 1.76 bits per heavy atom. The summed E-state index contributed by atoms with van der Waals surface area (Å²) in [5.74, 6) is -0.264. The Kier molecular flexibility index (Phi) is 5.01. The van der Waals surface area contributed by atoms with Gasteiger partial charge >= 0.3 is 0 Å². The number of likely N-dealkylation sites (N-methyl/N-ethyl adjacent to an activating group) is 1. The standard InChI is InChI=1S/C17H20BrFN2/c1-11-6-12(2)8-14(7-11)21(3)17(10-20)13-4-5-15(18)16(19)9-13/h4-9,17H,10,20H2,1-3H3. The summed E-state index contributed by atoms with van der Waals surface area (Å²) in [6.45, 7) is 4.56. The van der Waals surface area contributed by atoms with Gasteiger partial charge in [0.2, 0.25) is 0 Å². The molecule has 0 amide bonds. The molecule has 1 atom stereocenters. The molecule has 1 unspecified atom stereocenters. The van der Waals surface area contributed by atoms with Crippen LogP contribution in [0.3, 0.4) is 0 Å². The molecule has 0 radical (unpaired) electrons. The molecule has 21 heavy (non-hydrogen) atoms. The van der Waals surface area contributed by atoms with Gasteiger partial charge < -0.3 is 10.6 Å². The van der Waals surface area contributed by atoms with Crippen molar-refractivity contribution < 1.29 is 4.39 Å². The van der Waals surface area contributed by atoms with Gasteiger partial charge in [-0.1, -0.05) is 12.1 Å². The fraction of sp³-hybridized carbons (Fsp3) is 0.294. The van der Waals surface area contributed by atoms with E-state index in [1.807, 2.05) is 13.1 Å². The SMILES string of the molecule is Cc1cc(C)cc(N(C)C(CN)c2ccc(Br)c(F)c2)c1. The molecule has 2 rings (SSSR count). The first-order valence-electron chi connectivity index (χ1n) is 6.88. The fourth-order valence-electron chi connectivity index (χ4n) is 2.57. The normalized spacial score (nSPS) is 12.3. The molecule has 4 heteroatoms. The van der Waals surface area contributed by atoms with Crippen molar-refractivity contribution >= 4 is 21.6 Å². The number of rotatable bonds is 4. The molecule has 0 aromatic heterocycles. The topological polar surface area (TPSA) is 29.3 Å². The van der Waals surface area contributed by atoms with Gasteiger partial charge in [-0.05, 0) is 70.7 Å². The van der Waals surface area contributed by atoms with Crippen LogP contribution < -0.4 is 10.6 Å². The summed E-state index contributed by atoms with van der Waals surface area (Å²) < 4.78 is 14.2. The Morgan fingerprint density at radius 1 is 1.14 bits per heavy atom. The van der Waals surface area contributed by atoms with Crippen molar-refractivity contribution in [1.82, 2.24) is 0 Å². The lowest BCUT2D eigenvalue weighted by Gasteiger charge is -2.30. The predicted octanol–water partition coefficient (Wildman–Crippen LogP) is 4.34. The van der Waals surface area contributed by atoms with Crippen molar-refractivity contribution in [2.24, 2.45) is 5.73 Å². The summed E-state index contributed by atoms with van der Waals surface area (Å²) in [4.78, 5) is 2.10. The van der Waals surface area contributed by atoms with Gasteiger partial charge in [-0.15, -0.1) is 0 Å². The summed E-state index contributed by atoms with van der Waals surface area (Å²) in [6.07, 6.45) is 0. The number of aryl methyl sites for hydroxylation is 2. The molecular weight excluding hydrogens is 331 g/mol. The molecule has 0 aliphatic carbocycles. The highest BCUT2D eigenvalue weighted by Gasteiger charge is 2.17. The average molecular weight is 351 g/mol. The molecule has 0 aliphatic heterocycles. The van der Waals surface area contributed by atoms with E-state index in [2.05, 4.69) is 52.9 Å². The first-order valence-corrected chi connectivity index (χ1v) is 7.68. The molecule has 0 heterocycles. The minimum absolute atomic E-state index is 0.0613. The van der Waals surface area contributed by atoms with Crippen LogP contribution in [0.4, 0.5) is 10.1 Å². The van der Waals surface area contributed by atoms with Crippen LogP contribution in [0.5, 0.6) is 0 Å². The summed E-state index contributed by atoms with van der Waals surface area (Å²) in [7, 11) is 1.99. The number of nitrogens with two attached hydrogens (primary N) is 1. The van der Waals surface area contributed by atoms with Gasteiger partial charge in [0.15, 0.2) is 0 Å². The molecule has 112 valence electrons. The first-order chi connectivity index (χ1) is 9.92. The van der Waals surface area contributed by atoms with E-state index in [-0.39, 0.29) is 11.9 Å². The van der Waals surface area contributed by atoms with Gasteiger partial charge in [-0.3, -0.25) is 0 Å². The molecule has 2 N–H and O–H groups in total. The van der Waals surface area contributed by atoms with Crippen LogP contribution in [0.25, 0.3) is 0 Å². The Labute approximate surface area is 133 Å². The number of anilines is 1. The van der Waals surface area contributed by atoms with E-state index in [1.54, 1.807) is 12.1 Å². The molecular formula is C17H20BrFN2. The van der Waals surface area contributed by atoms with Gasteiger partial charge in [0.05, 0.1) is 10.5 Å². The van der Waals surface area contributed by atoms with E-state index >= 15 is 0 Å². The van der Waals surface area contributed by atoms with Crippen LogP contribution in [0.1, 0.15) is 22.7 Å². The quantitative estimate of drug-likeness (QED) is 0.888. The summed E-state index contributed by atoms with van der Waals surface area (Å²) in [5.41, 5.74) is 10.3. The van der Waals surface area contributed by atoms with E-state index in [4.69, 9.17) is 5.73 Å². The number of hydrogen-bond donors (Lipinski definition) is 1. The summed E-state index contributed by atoms with van der Waals surface area (Å²) in [6, 6.07) is 11.5. The van der Waals surface area contributed by atoms with Crippen LogP contribution in [0.15, 0.2) is 40.9 Å². The zero-order chi connectivity index (χ0) is 15.6. The number of hydrogen-bond acceptors (Lipinski definition) is 2. The molecule has 0 bridgehead atoms. The van der Waals surface area contributed by atoms with Crippen molar-refractivity contribution in [1.29, 1.82) is 0 Å². The number of benzene rings is 2. The van der Waals surface area contributed by atoms with E-state index in [1.165, 1.54) is 11.1 Å². The second-order valence-electron chi connectivity index (χ2n) is 5.38. The molecule has 2 aromatic carbocycles. The highest BCUT2D eigenvalue weighted by molar-refractivity contribution is 9.10. The van der Waals surface area contributed by atoms with E-state index in [9.17, 15) is 4.39 Å². The van der Waals surface area contributed by atoms with E-state index in [0.29, 0.717) is 11.0 Å². The Bertz CT molecular complexity index is 622. The monoisotopic (exact) mass is 350 g/mol. The third-order valence-electron chi connectivity index (χ3n) is 3.63. The molecule has 2 aromatic rings. The second kappa shape index (κ2) is 6.58. The van der Waals surface area contributed by atoms with E-state index in [0.717, 1.165) is 11.3 Å². The predicted molar refractivity (Wildman–Crippen MR) is 90.2 cm³/mol. The van der Waals surface area contributed by atoms with Crippen LogP contribution in [-0.4, -0.2) is 13.6 Å². The van der Waals surface area contributed by atoms with Gasteiger partial charge in [-0.2, -0.15) is 0 Å². The van der Waals surface area contributed by atoms with Gasteiger partial charge in [0.25, 0.3) is 0 Å². The van der Waals surface area contributed by atoms with Crippen molar-refractivity contribution in [3.05, 3.63) is 63.4 Å². The zero-order valence-corrected chi connectivity index (χ0v) is 14.1. The third-order valence-corrected chi connectivity index (χ3v) is 4.28. The molecule has 0 saturated carbocycles. The van der Waals surface area contributed by atoms with Crippen molar-refractivity contribution in [3.63, 3.8) is 0 Å². The highest BCUT2D eigenvalue weighted by Crippen LogP contribution is 2.28. The maximum Gasteiger partial charge on any atom is 0.137 e. The maximum atomic E-state index is 13.8. The minimum atomic E-state index is -0.264. The Morgan fingerprint density at radius 3 is 2.29 bits per heavy atom. The lowest BCUT2D eigenvalue weighted by Crippen LogP contribution is -2.30. The van der Waals surface area contributed by atoms with Crippen molar-refractivity contribution in [2.45, 2.75) is 19.9 Å². The summed E-state index contributed by atoms with van der Waals surface area (Å²) >= 11 is 3.18. The number of nitrogens with zero attached hydrogens (tertiary/aromatic N) is 1. The molecule has 0 saturated heterocycles. The Balaban J connectivity index is 2.37. The minimum Gasteiger partial charge on any atom is -0.366 e. The number of halogens is 2. The molecule has 0 aliphatic rings. The molecule has 0 spiro atoms. The maximum absolute atomic E-state index is 13.8. The van der Waals surface area contributed by atoms with Crippen LogP contribution in [0.2, 0.25) is 0 Å². The van der Waals surface area contributed by atoms with Gasteiger partial charge in [0, 0.05) is 19.3 Å². The van der Waals surface area contributed by atoms with Gasteiger partial charge in [0.1, 0.15) is 5.82 Å². The zero-order valence-electron chi connectivity index (χ0n) is 12.5. The average Bonchev–Trinajstić information content (AvgIpc) is 2.42. The van der Waals surface area contributed by atoms with Crippen LogP contribution >= 0.6 is 15.9 Å². The molecule has 2 nitrogen and oxygen atoms in total. The second-order valence-corrected chi connectivity index (χ2v) is 6.24. The highest BCUT2D eigenvalue weighted by atomic mass is 79.9. The van der Waals surface area contributed by atoms with Crippen molar-refractivity contribution in [2.75, 3.05) is 18.5 Å². The van der Waals surface area contributed by atoms with Crippen LogP contribution in [0, 0.1) is 19.7 Å². The van der Waals surface area contributed by atoms with Crippen molar-refractivity contribution in [3.8, 4) is 0 Å². The van der Waals surface area contributed by atoms with E-state index < -0.39 is 0 Å². The van der Waals surface area contributed by atoms with Gasteiger partial charge in [-0.25, -0.2) is 4.39 Å². The fourth-order valence-corrected chi connectivity index (χ4v) is 2.82. The lowest BCUT2D eigenvalue weighted by atomic mass is 10.0. The lowest BCUT2D eigenvalue weighted by molar-refractivity contribution is 0.609. The smallest absolute Gasteiger partial charge is 0.137 e. The third kappa shape index (κ3) is 3.63. The largest absolute Gasteiger partial charge is 0.366 e. The molecule has 0 fully saturated rings.